The van der Waals surface area contributed by atoms with Crippen molar-refractivity contribution in [2.45, 2.75) is 25.4 Å². The molecule has 2 atom stereocenters. The standard InChI is InChI=1S/C15H22BrClN2O/c1-11-10-20-8-7-19(11)6-5-15(18-2)13-4-3-12(16)9-14(13)17/h3-4,9,11,15,18H,5-8,10H2,1-2H3. The Labute approximate surface area is 134 Å². The van der Waals surface area contributed by atoms with E-state index in [2.05, 4.69) is 39.1 Å². The molecular weight excluding hydrogens is 340 g/mol. The average molecular weight is 362 g/mol. The van der Waals surface area contributed by atoms with Gasteiger partial charge in [0.1, 0.15) is 0 Å². The molecule has 0 spiro atoms. The van der Waals surface area contributed by atoms with E-state index >= 15 is 0 Å². The zero-order valence-electron chi connectivity index (χ0n) is 12.0. The predicted octanol–water partition coefficient (Wildman–Crippen LogP) is 3.47. The number of ether oxygens (including phenoxy) is 1. The second-order valence-electron chi connectivity index (χ2n) is 5.26. The number of nitrogens with zero attached hydrogens (tertiary/aromatic N) is 1. The minimum absolute atomic E-state index is 0.283. The van der Waals surface area contributed by atoms with Gasteiger partial charge in [-0.15, -0.1) is 0 Å². The van der Waals surface area contributed by atoms with Crippen molar-refractivity contribution in [3.8, 4) is 0 Å². The van der Waals surface area contributed by atoms with Crippen LogP contribution < -0.4 is 5.32 Å². The first-order valence-electron chi connectivity index (χ1n) is 7.06. The molecule has 1 fully saturated rings. The number of benzene rings is 1. The Hall–Kier alpha value is -0.130. The van der Waals surface area contributed by atoms with Crippen LogP contribution >= 0.6 is 27.5 Å². The van der Waals surface area contributed by atoms with Gasteiger partial charge in [-0.2, -0.15) is 0 Å². The van der Waals surface area contributed by atoms with E-state index in [0.29, 0.717) is 6.04 Å². The van der Waals surface area contributed by atoms with Crippen molar-refractivity contribution in [2.24, 2.45) is 0 Å². The van der Waals surface area contributed by atoms with E-state index in [4.69, 9.17) is 16.3 Å². The monoisotopic (exact) mass is 360 g/mol. The van der Waals surface area contributed by atoms with Crippen LogP contribution in [-0.4, -0.2) is 44.3 Å². The molecule has 3 nitrogen and oxygen atoms in total. The van der Waals surface area contributed by atoms with E-state index in [1.807, 2.05) is 19.2 Å². The fourth-order valence-corrected chi connectivity index (χ4v) is 3.43. The number of rotatable bonds is 5. The van der Waals surface area contributed by atoms with Crippen LogP contribution in [0.15, 0.2) is 22.7 Å². The summed E-state index contributed by atoms with van der Waals surface area (Å²) in [7, 11) is 1.99. The van der Waals surface area contributed by atoms with Gasteiger partial charge in [-0.25, -0.2) is 0 Å². The second kappa shape index (κ2) is 7.76. The Morgan fingerprint density at radius 2 is 2.35 bits per heavy atom. The zero-order valence-corrected chi connectivity index (χ0v) is 14.4. The van der Waals surface area contributed by atoms with Crippen LogP contribution in [0.1, 0.15) is 24.9 Å². The molecule has 0 amide bonds. The van der Waals surface area contributed by atoms with Crippen molar-refractivity contribution in [1.82, 2.24) is 10.2 Å². The maximum atomic E-state index is 6.35. The molecule has 20 heavy (non-hydrogen) atoms. The molecule has 0 aliphatic carbocycles. The van der Waals surface area contributed by atoms with Crippen LogP contribution in [0.4, 0.5) is 0 Å². The lowest BCUT2D eigenvalue weighted by Crippen LogP contribution is -2.44. The molecule has 2 unspecified atom stereocenters. The molecule has 1 heterocycles. The number of morpholine rings is 1. The van der Waals surface area contributed by atoms with Crippen LogP contribution in [0.2, 0.25) is 5.02 Å². The SMILES string of the molecule is CNC(CCN1CCOCC1C)c1ccc(Br)cc1Cl. The van der Waals surface area contributed by atoms with Crippen molar-refractivity contribution in [1.29, 1.82) is 0 Å². The summed E-state index contributed by atoms with van der Waals surface area (Å²) in [6, 6.07) is 6.88. The number of halogens is 2. The summed E-state index contributed by atoms with van der Waals surface area (Å²) < 4.78 is 6.50. The van der Waals surface area contributed by atoms with Gasteiger partial charge in [-0.05, 0) is 38.1 Å². The molecular formula is C15H22BrClN2O. The lowest BCUT2D eigenvalue weighted by atomic mass is 10.0. The number of hydrogen-bond acceptors (Lipinski definition) is 3. The smallest absolute Gasteiger partial charge is 0.0619 e. The van der Waals surface area contributed by atoms with E-state index < -0.39 is 0 Å². The van der Waals surface area contributed by atoms with Gasteiger partial charge in [0.05, 0.1) is 13.2 Å². The molecule has 1 N–H and O–H groups in total. The lowest BCUT2D eigenvalue weighted by molar-refractivity contribution is -0.00173. The normalized spacial score (nSPS) is 21.9. The highest BCUT2D eigenvalue weighted by molar-refractivity contribution is 9.10. The number of hydrogen-bond donors (Lipinski definition) is 1. The molecule has 0 aromatic heterocycles. The van der Waals surface area contributed by atoms with Gasteiger partial charge in [-0.1, -0.05) is 33.6 Å². The van der Waals surface area contributed by atoms with Crippen molar-refractivity contribution < 1.29 is 4.74 Å². The third-order valence-corrected chi connectivity index (χ3v) is 4.72. The summed E-state index contributed by atoms with van der Waals surface area (Å²) in [5.74, 6) is 0. The van der Waals surface area contributed by atoms with Gasteiger partial charge in [-0.3, -0.25) is 4.90 Å². The van der Waals surface area contributed by atoms with E-state index in [-0.39, 0.29) is 6.04 Å². The fraction of sp³-hybridized carbons (Fsp3) is 0.600. The molecule has 5 heteroatoms. The van der Waals surface area contributed by atoms with Crippen molar-refractivity contribution in [2.75, 3.05) is 33.4 Å². The topological polar surface area (TPSA) is 24.5 Å². The molecule has 1 saturated heterocycles. The Kier molecular flexibility index (Phi) is 6.30. The first kappa shape index (κ1) is 16.2. The summed E-state index contributed by atoms with van der Waals surface area (Å²) >= 11 is 9.80. The van der Waals surface area contributed by atoms with E-state index in [9.17, 15) is 0 Å². The molecule has 0 radical (unpaired) electrons. The maximum absolute atomic E-state index is 6.35. The maximum Gasteiger partial charge on any atom is 0.0619 e. The fourth-order valence-electron chi connectivity index (χ4n) is 2.63. The summed E-state index contributed by atoms with van der Waals surface area (Å²) in [5.41, 5.74) is 1.17. The third-order valence-electron chi connectivity index (χ3n) is 3.90. The lowest BCUT2D eigenvalue weighted by Gasteiger charge is -2.34. The summed E-state index contributed by atoms with van der Waals surface area (Å²) in [5, 5.41) is 4.19. The van der Waals surface area contributed by atoms with Crippen LogP contribution in [0.25, 0.3) is 0 Å². The van der Waals surface area contributed by atoms with Crippen LogP contribution in [-0.2, 0) is 4.74 Å². The van der Waals surface area contributed by atoms with E-state index in [0.717, 1.165) is 42.2 Å². The van der Waals surface area contributed by atoms with Crippen LogP contribution in [0.3, 0.4) is 0 Å². The highest BCUT2D eigenvalue weighted by Crippen LogP contribution is 2.28. The van der Waals surface area contributed by atoms with Gasteiger partial charge in [0, 0.05) is 34.7 Å². The molecule has 2 rings (SSSR count). The Morgan fingerprint density at radius 3 is 3.00 bits per heavy atom. The highest BCUT2D eigenvalue weighted by atomic mass is 79.9. The number of nitrogens with one attached hydrogen (secondary N) is 1. The van der Waals surface area contributed by atoms with E-state index in [1.54, 1.807) is 0 Å². The summed E-state index contributed by atoms with van der Waals surface area (Å²) in [6.45, 7) is 5.98. The minimum atomic E-state index is 0.283. The van der Waals surface area contributed by atoms with Crippen molar-refractivity contribution in [3.63, 3.8) is 0 Å². The van der Waals surface area contributed by atoms with Crippen molar-refractivity contribution >= 4 is 27.5 Å². The average Bonchev–Trinajstić information content (AvgIpc) is 2.43. The molecule has 0 bridgehead atoms. The Morgan fingerprint density at radius 1 is 1.55 bits per heavy atom. The van der Waals surface area contributed by atoms with E-state index in [1.165, 1.54) is 5.56 Å². The zero-order chi connectivity index (χ0) is 14.5. The van der Waals surface area contributed by atoms with Crippen molar-refractivity contribution in [3.05, 3.63) is 33.3 Å². The summed E-state index contributed by atoms with van der Waals surface area (Å²) in [4.78, 5) is 2.49. The Bertz CT molecular complexity index is 444. The molecule has 1 aliphatic heterocycles. The van der Waals surface area contributed by atoms with Gasteiger partial charge in [0.15, 0.2) is 0 Å². The predicted molar refractivity (Wildman–Crippen MR) is 87.4 cm³/mol. The minimum Gasteiger partial charge on any atom is -0.379 e. The highest BCUT2D eigenvalue weighted by Gasteiger charge is 2.20. The Balaban J connectivity index is 1.98. The second-order valence-corrected chi connectivity index (χ2v) is 6.58. The van der Waals surface area contributed by atoms with Gasteiger partial charge in [0.25, 0.3) is 0 Å². The third kappa shape index (κ3) is 4.18. The molecule has 1 aromatic carbocycles. The summed E-state index contributed by atoms with van der Waals surface area (Å²) in [6.07, 6.45) is 1.04. The van der Waals surface area contributed by atoms with Gasteiger partial charge >= 0.3 is 0 Å². The molecule has 1 aromatic rings. The van der Waals surface area contributed by atoms with Crippen LogP contribution in [0, 0.1) is 0 Å². The quantitative estimate of drug-likeness (QED) is 0.869. The largest absolute Gasteiger partial charge is 0.379 e. The van der Waals surface area contributed by atoms with Gasteiger partial charge < -0.3 is 10.1 Å². The molecule has 112 valence electrons. The van der Waals surface area contributed by atoms with Crippen LogP contribution in [0.5, 0.6) is 0 Å². The molecule has 1 aliphatic rings. The first-order chi connectivity index (χ1) is 9.61. The first-order valence-corrected chi connectivity index (χ1v) is 8.23. The van der Waals surface area contributed by atoms with Gasteiger partial charge in [0.2, 0.25) is 0 Å². The molecule has 0 saturated carbocycles.